The minimum atomic E-state index is -0.0234. The average Bonchev–Trinajstić information content (AvgIpc) is 2.39. The highest BCUT2D eigenvalue weighted by molar-refractivity contribution is 7.98. The number of hydrogen-bond acceptors (Lipinski definition) is 3. The number of nitrogens with zero attached hydrogens (tertiary/aromatic N) is 2. The summed E-state index contributed by atoms with van der Waals surface area (Å²) in [4.78, 5) is 17.6. The third-order valence-electron chi connectivity index (χ3n) is 2.96. The van der Waals surface area contributed by atoms with Gasteiger partial charge in [-0.3, -0.25) is 9.36 Å². The summed E-state index contributed by atoms with van der Waals surface area (Å²) in [5.41, 5.74) is 2.60. The molecule has 2 aromatic rings. The second-order valence-electron chi connectivity index (χ2n) is 4.18. The van der Waals surface area contributed by atoms with E-state index < -0.39 is 0 Å². The van der Waals surface area contributed by atoms with E-state index >= 15 is 0 Å². The summed E-state index contributed by atoms with van der Waals surface area (Å²) in [6.07, 6.45) is 4.25. The van der Waals surface area contributed by atoms with E-state index in [1.165, 1.54) is 11.8 Å². The van der Waals surface area contributed by atoms with E-state index in [2.05, 4.69) is 4.98 Å². The molecule has 0 radical (unpaired) electrons. The largest absolute Gasteiger partial charge is 0.271 e. The van der Waals surface area contributed by atoms with E-state index in [1.807, 2.05) is 32.2 Å². The molecule has 0 aliphatic rings. The molecule has 3 nitrogen and oxygen atoms in total. The minimum absolute atomic E-state index is 0.0234. The van der Waals surface area contributed by atoms with Crippen molar-refractivity contribution in [2.45, 2.75) is 25.2 Å². The van der Waals surface area contributed by atoms with Gasteiger partial charge in [0.1, 0.15) is 6.33 Å². The second kappa shape index (κ2) is 5.80. The van der Waals surface area contributed by atoms with Gasteiger partial charge in [0, 0.05) is 5.02 Å². The maximum Gasteiger partial charge on any atom is 0.271 e. The summed E-state index contributed by atoms with van der Waals surface area (Å²) in [5, 5.41) is 0.664. The first-order chi connectivity index (χ1) is 9.08. The zero-order chi connectivity index (χ0) is 14.0. The normalized spacial score (nSPS) is 10.7. The third kappa shape index (κ3) is 2.69. The van der Waals surface area contributed by atoms with E-state index in [0.717, 1.165) is 23.4 Å². The van der Waals surface area contributed by atoms with Crippen LogP contribution in [-0.2, 0) is 6.42 Å². The van der Waals surface area contributed by atoms with Crippen LogP contribution in [0.3, 0.4) is 0 Å². The monoisotopic (exact) mass is 294 g/mol. The maximum absolute atomic E-state index is 12.5. The number of rotatable bonds is 3. The van der Waals surface area contributed by atoms with Crippen molar-refractivity contribution < 1.29 is 0 Å². The molecule has 0 saturated carbocycles. The lowest BCUT2D eigenvalue weighted by Gasteiger charge is -2.12. The third-order valence-corrected chi connectivity index (χ3v) is 4.02. The Morgan fingerprint density at radius 1 is 1.42 bits per heavy atom. The van der Waals surface area contributed by atoms with Crippen molar-refractivity contribution in [3.05, 3.63) is 51.2 Å². The molecular weight excluding hydrogens is 280 g/mol. The van der Waals surface area contributed by atoms with Gasteiger partial charge >= 0.3 is 0 Å². The van der Waals surface area contributed by atoms with Crippen LogP contribution >= 0.6 is 23.4 Å². The number of thioether (sulfide) groups is 1. The molecule has 0 amide bonds. The van der Waals surface area contributed by atoms with Gasteiger partial charge in [-0.2, -0.15) is 0 Å². The van der Waals surface area contributed by atoms with E-state index in [4.69, 9.17) is 11.6 Å². The zero-order valence-corrected chi connectivity index (χ0v) is 12.7. The molecule has 0 unspecified atom stereocenters. The first-order valence-electron chi connectivity index (χ1n) is 5.99. The van der Waals surface area contributed by atoms with Crippen molar-refractivity contribution in [1.82, 2.24) is 9.55 Å². The minimum Gasteiger partial charge on any atom is -0.268 e. The van der Waals surface area contributed by atoms with Crippen LogP contribution in [0.4, 0.5) is 0 Å². The van der Waals surface area contributed by atoms with Crippen molar-refractivity contribution in [1.29, 1.82) is 0 Å². The van der Waals surface area contributed by atoms with Crippen LogP contribution in [0, 0.1) is 6.92 Å². The highest BCUT2D eigenvalue weighted by Crippen LogP contribution is 2.20. The Bertz CT molecular complexity index is 667. The molecule has 0 saturated heterocycles. The van der Waals surface area contributed by atoms with Gasteiger partial charge in [0.15, 0.2) is 0 Å². The van der Waals surface area contributed by atoms with Gasteiger partial charge in [-0.1, -0.05) is 18.5 Å². The first kappa shape index (κ1) is 14.2. The molecule has 100 valence electrons. The first-order valence-corrected chi connectivity index (χ1v) is 7.59. The summed E-state index contributed by atoms with van der Waals surface area (Å²) in [6, 6.07) is 5.47. The summed E-state index contributed by atoms with van der Waals surface area (Å²) < 4.78 is 1.58. The molecule has 0 aliphatic carbocycles. The smallest absolute Gasteiger partial charge is 0.268 e. The quantitative estimate of drug-likeness (QED) is 0.813. The summed E-state index contributed by atoms with van der Waals surface area (Å²) >= 11 is 7.39. The molecule has 0 bridgehead atoms. The van der Waals surface area contributed by atoms with Gasteiger partial charge < -0.3 is 0 Å². The van der Waals surface area contributed by atoms with Gasteiger partial charge in [0.05, 0.1) is 16.3 Å². The van der Waals surface area contributed by atoms with Gasteiger partial charge in [-0.25, -0.2) is 4.98 Å². The number of aryl methyl sites for hydroxylation is 2. The number of halogens is 1. The lowest BCUT2D eigenvalue weighted by atomic mass is 10.2. The Kier molecular flexibility index (Phi) is 4.32. The fourth-order valence-corrected chi connectivity index (χ4v) is 2.92. The molecule has 0 fully saturated rings. The topological polar surface area (TPSA) is 34.9 Å². The van der Waals surface area contributed by atoms with Crippen LogP contribution in [0.15, 0.2) is 34.2 Å². The fourth-order valence-electron chi connectivity index (χ4n) is 1.99. The summed E-state index contributed by atoms with van der Waals surface area (Å²) in [7, 11) is 0. The second-order valence-corrected chi connectivity index (χ2v) is 5.44. The molecule has 0 spiro atoms. The Morgan fingerprint density at radius 3 is 2.74 bits per heavy atom. The summed E-state index contributed by atoms with van der Waals surface area (Å²) in [5.74, 6) is 0. The van der Waals surface area contributed by atoms with Gasteiger partial charge in [0.2, 0.25) is 0 Å². The van der Waals surface area contributed by atoms with E-state index in [1.54, 1.807) is 17.0 Å². The van der Waals surface area contributed by atoms with E-state index in [9.17, 15) is 4.79 Å². The summed E-state index contributed by atoms with van der Waals surface area (Å²) in [6.45, 7) is 3.93. The van der Waals surface area contributed by atoms with Crippen LogP contribution in [-0.4, -0.2) is 15.8 Å². The maximum atomic E-state index is 12.5. The Balaban J connectivity index is 2.67. The molecule has 1 aromatic carbocycles. The van der Waals surface area contributed by atoms with Crippen molar-refractivity contribution in [3.63, 3.8) is 0 Å². The van der Waals surface area contributed by atoms with E-state index in [-0.39, 0.29) is 5.56 Å². The molecule has 0 atom stereocenters. The Hall–Kier alpha value is -1.26. The zero-order valence-electron chi connectivity index (χ0n) is 11.1. The molecular formula is C14H15ClN2OS. The molecule has 1 heterocycles. The van der Waals surface area contributed by atoms with Crippen molar-refractivity contribution in [2.24, 2.45) is 0 Å². The molecule has 19 heavy (non-hydrogen) atoms. The SMILES string of the molecule is CCc1ncn(-c2ccc(Cl)cc2C)c(=O)c1SC. The van der Waals surface area contributed by atoms with Crippen molar-refractivity contribution in [3.8, 4) is 5.69 Å². The van der Waals surface area contributed by atoms with Crippen molar-refractivity contribution >= 4 is 23.4 Å². The lowest BCUT2D eigenvalue weighted by Crippen LogP contribution is -2.22. The van der Waals surface area contributed by atoms with Gasteiger partial charge in [-0.05, 0) is 43.4 Å². The van der Waals surface area contributed by atoms with E-state index in [0.29, 0.717) is 9.92 Å². The van der Waals surface area contributed by atoms with Crippen LogP contribution in [0.2, 0.25) is 5.02 Å². The predicted molar refractivity (Wildman–Crippen MR) is 80.7 cm³/mol. The highest BCUT2D eigenvalue weighted by atomic mass is 35.5. The number of hydrogen-bond donors (Lipinski definition) is 0. The average molecular weight is 295 g/mol. The molecule has 5 heteroatoms. The molecule has 2 rings (SSSR count). The van der Waals surface area contributed by atoms with Crippen LogP contribution in [0.5, 0.6) is 0 Å². The van der Waals surface area contributed by atoms with Crippen LogP contribution < -0.4 is 5.56 Å². The lowest BCUT2D eigenvalue weighted by molar-refractivity contribution is 0.831. The van der Waals surface area contributed by atoms with Crippen LogP contribution in [0.25, 0.3) is 5.69 Å². The molecule has 1 aromatic heterocycles. The fraction of sp³-hybridized carbons (Fsp3) is 0.286. The molecule has 0 N–H and O–H groups in total. The Morgan fingerprint density at radius 2 is 2.16 bits per heavy atom. The standard InChI is InChI=1S/C14H15ClN2OS/c1-4-11-13(19-3)14(18)17(8-16-11)12-6-5-10(15)7-9(12)2/h5-8H,4H2,1-3H3. The van der Waals surface area contributed by atoms with Crippen molar-refractivity contribution in [2.75, 3.05) is 6.26 Å². The number of benzene rings is 1. The van der Waals surface area contributed by atoms with Gasteiger partial charge in [-0.15, -0.1) is 11.8 Å². The van der Waals surface area contributed by atoms with Gasteiger partial charge in [0.25, 0.3) is 5.56 Å². The Labute approximate surface area is 121 Å². The number of aromatic nitrogens is 2. The predicted octanol–water partition coefficient (Wildman–Crippen LogP) is 3.48. The van der Waals surface area contributed by atoms with Crippen LogP contribution in [0.1, 0.15) is 18.2 Å². The highest BCUT2D eigenvalue weighted by Gasteiger charge is 2.11. The molecule has 0 aliphatic heterocycles.